The van der Waals surface area contributed by atoms with E-state index < -0.39 is 0 Å². The second-order valence-electron chi connectivity index (χ2n) is 4.49. The molecule has 1 aromatic rings. The molecule has 0 aliphatic carbocycles. The lowest BCUT2D eigenvalue weighted by atomic mass is 10.1. The van der Waals surface area contributed by atoms with Crippen LogP contribution in [0, 0.1) is 0 Å². The largest absolute Gasteiger partial charge is 0.399 e. The summed E-state index contributed by atoms with van der Waals surface area (Å²) in [5.41, 5.74) is 7.51. The van der Waals surface area contributed by atoms with E-state index in [4.69, 9.17) is 17.3 Å². The molecule has 4 heteroatoms. The van der Waals surface area contributed by atoms with Gasteiger partial charge in [0, 0.05) is 31.4 Å². The molecule has 1 atom stereocenters. The Labute approximate surface area is 102 Å². The molecule has 1 heterocycles. The molecule has 0 amide bonds. The van der Waals surface area contributed by atoms with Gasteiger partial charge in [0.15, 0.2) is 0 Å². The van der Waals surface area contributed by atoms with E-state index in [0.29, 0.717) is 6.04 Å². The number of nitrogens with zero attached hydrogens (tertiary/aromatic N) is 2. The van der Waals surface area contributed by atoms with Gasteiger partial charge in [-0.1, -0.05) is 11.6 Å². The van der Waals surface area contributed by atoms with E-state index in [9.17, 15) is 0 Å². The number of nitrogens with two attached hydrogens (primary N) is 1. The first-order valence-corrected chi connectivity index (χ1v) is 5.96. The van der Waals surface area contributed by atoms with Crippen molar-refractivity contribution in [3.05, 3.63) is 23.2 Å². The van der Waals surface area contributed by atoms with Gasteiger partial charge in [0.2, 0.25) is 0 Å². The number of benzene rings is 1. The minimum Gasteiger partial charge on any atom is -0.399 e. The van der Waals surface area contributed by atoms with Crippen LogP contribution in [0.25, 0.3) is 0 Å². The topological polar surface area (TPSA) is 32.5 Å². The van der Waals surface area contributed by atoms with E-state index in [2.05, 4.69) is 23.8 Å². The first-order chi connectivity index (χ1) is 7.58. The maximum Gasteiger partial charge on any atom is 0.0660 e. The van der Waals surface area contributed by atoms with Gasteiger partial charge in [-0.15, -0.1) is 0 Å². The minimum absolute atomic E-state index is 0.558. The molecular formula is C12H18ClN3. The molecule has 1 saturated heterocycles. The van der Waals surface area contributed by atoms with Crippen LogP contribution in [0.3, 0.4) is 0 Å². The number of hydrogen-bond donors (Lipinski definition) is 1. The van der Waals surface area contributed by atoms with Crippen molar-refractivity contribution < 1.29 is 0 Å². The van der Waals surface area contributed by atoms with Crippen LogP contribution >= 0.6 is 11.6 Å². The second kappa shape index (κ2) is 4.52. The summed E-state index contributed by atoms with van der Waals surface area (Å²) in [6.45, 7) is 5.34. The Morgan fingerprint density at radius 3 is 2.75 bits per heavy atom. The maximum atomic E-state index is 6.21. The van der Waals surface area contributed by atoms with Crippen molar-refractivity contribution in [2.45, 2.75) is 13.0 Å². The second-order valence-corrected chi connectivity index (χ2v) is 4.89. The standard InChI is InChI=1S/C12H18ClN3/c1-9-8-16(6-5-15(9)2)12-4-3-10(14)7-11(12)13/h3-4,7,9H,5-6,8,14H2,1-2H3/t9-/m1/s1. The zero-order valence-corrected chi connectivity index (χ0v) is 10.5. The van der Waals surface area contributed by atoms with Crippen LogP contribution in [-0.4, -0.2) is 37.6 Å². The molecule has 0 aromatic heterocycles. The Hall–Kier alpha value is -0.930. The Morgan fingerprint density at radius 1 is 1.38 bits per heavy atom. The summed E-state index contributed by atoms with van der Waals surface area (Å²) < 4.78 is 0. The number of halogens is 1. The molecule has 88 valence electrons. The Balaban J connectivity index is 2.18. The van der Waals surface area contributed by atoms with Gasteiger partial charge in [-0.3, -0.25) is 0 Å². The van der Waals surface area contributed by atoms with Crippen molar-refractivity contribution in [3.8, 4) is 0 Å². The number of likely N-dealkylation sites (N-methyl/N-ethyl adjacent to an activating group) is 1. The maximum absolute atomic E-state index is 6.21. The first-order valence-electron chi connectivity index (χ1n) is 5.58. The van der Waals surface area contributed by atoms with E-state index in [-0.39, 0.29) is 0 Å². The van der Waals surface area contributed by atoms with Crippen LogP contribution in [0.2, 0.25) is 5.02 Å². The highest BCUT2D eigenvalue weighted by Crippen LogP contribution is 2.29. The van der Waals surface area contributed by atoms with Crippen LogP contribution in [0.5, 0.6) is 0 Å². The molecule has 0 unspecified atom stereocenters. The first kappa shape index (κ1) is 11.6. The fourth-order valence-electron chi connectivity index (χ4n) is 2.05. The van der Waals surface area contributed by atoms with Gasteiger partial charge >= 0.3 is 0 Å². The average Bonchev–Trinajstić information content (AvgIpc) is 2.22. The molecule has 0 spiro atoms. The van der Waals surface area contributed by atoms with E-state index in [1.165, 1.54) is 0 Å². The Bertz CT molecular complexity index is 381. The molecule has 2 N–H and O–H groups in total. The van der Waals surface area contributed by atoms with Crippen molar-refractivity contribution in [3.63, 3.8) is 0 Å². The predicted octanol–water partition coefficient (Wildman–Crippen LogP) is 2.06. The van der Waals surface area contributed by atoms with Gasteiger partial charge in [-0.2, -0.15) is 0 Å². The quantitative estimate of drug-likeness (QED) is 0.762. The number of piperazine rings is 1. The molecule has 16 heavy (non-hydrogen) atoms. The fourth-order valence-corrected chi connectivity index (χ4v) is 2.36. The predicted molar refractivity (Wildman–Crippen MR) is 70.2 cm³/mol. The molecule has 1 fully saturated rings. The molecule has 0 radical (unpaired) electrons. The van der Waals surface area contributed by atoms with E-state index in [1.54, 1.807) is 0 Å². The van der Waals surface area contributed by atoms with Crippen molar-refractivity contribution in [1.82, 2.24) is 4.90 Å². The minimum atomic E-state index is 0.558. The van der Waals surface area contributed by atoms with Gasteiger partial charge in [0.25, 0.3) is 0 Å². The SMILES string of the molecule is C[C@@H]1CN(c2ccc(N)cc2Cl)CCN1C. The Morgan fingerprint density at radius 2 is 2.12 bits per heavy atom. The summed E-state index contributed by atoms with van der Waals surface area (Å²) in [5.74, 6) is 0. The number of hydrogen-bond acceptors (Lipinski definition) is 3. The van der Waals surface area contributed by atoms with Gasteiger partial charge in [0.1, 0.15) is 0 Å². The normalized spacial score (nSPS) is 22.4. The summed E-state index contributed by atoms with van der Waals surface area (Å²) >= 11 is 6.21. The zero-order chi connectivity index (χ0) is 11.7. The monoisotopic (exact) mass is 239 g/mol. The molecule has 1 aromatic carbocycles. The molecular weight excluding hydrogens is 222 g/mol. The lowest BCUT2D eigenvalue weighted by Gasteiger charge is -2.39. The van der Waals surface area contributed by atoms with Crippen LogP contribution in [0.1, 0.15) is 6.92 Å². The van der Waals surface area contributed by atoms with Crippen LogP contribution < -0.4 is 10.6 Å². The lowest BCUT2D eigenvalue weighted by molar-refractivity contribution is 0.234. The van der Waals surface area contributed by atoms with Gasteiger partial charge in [-0.05, 0) is 32.2 Å². The van der Waals surface area contributed by atoms with Crippen LogP contribution in [0.4, 0.5) is 11.4 Å². The van der Waals surface area contributed by atoms with Gasteiger partial charge < -0.3 is 15.5 Å². The summed E-state index contributed by atoms with van der Waals surface area (Å²) in [5, 5.41) is 0.747. The molecule has 1 aliphatic rings. The molecule has 1 aliphatic heterocycles. The van der Waals surface area contributed by atoms with E-state index >= 15 is 0 Å². The van der Waals surface area contributed by atoms with Crippen molar-refractivity contribution >= 4 is 23.0 Å². The smallest absolute Gasteiger partial charge is 0.0660 e. The van der Waals surface area contributed by atoms with Gasteiger partial charge in [-0.25, -0.2) is 0 Å². The zero-order valence-electron chi connectivity index (χ0n) is 9.78. The van der Waals surface area contributed by atoms with Crippen LogP contribution in [0.15, 0.2) is 18.2 Å². The Kier molecular flexibility index (Phi) is 3.26. The summed E-state index contributed by atoms with van der Waals surface area (Å²) in [6, 6.07) is 6.29. The lowest BCUT2D eigenvalue weighted by Crippen LogP contribution is -2.50. The van der Waals surface area contributed by atoms with Crippen molar-refractivity contribution in [2.75, 3.05) is 37.3 Å². The number of rotatable bonds is 1. The summed E-state index contributed by atoms with van der Waals surface area (Å²) in [7, 11) is 2.16. The number of anilines is 2. The summed E-state index contributed by atoms with van der Waals surface area (Å²) in [6.07, 6.45) is 0. The van der Waals surface area contributed by atoms with E-state index in [0.717, 1.165) is 36.0 Å². The summed E-state index contributed by atoms with van der Waals surface area (Å²) in [4.78, 5) is 4.69. The third-order valence-electron chi connectivity index (χ3n) is 3.27. The number of nitrogen functional groups attached to an aromatic ring is 1. The van der Waals surface area contributed by atoms with E-state index in [1.807, 2.05) is 18.2 Å². The van der Waals surface area contributed by atoms with Crippen molar-refractivity contribution in [1.29, 1.82) is 0 Å². The van der Waals surface area contributed by atoms with Crippen LogP contribution in [-0.2, 0) is 0 Å². The molecule has 0 bridgehead atoms. The highest BCUT2D eigenvalue weighted by molar-refractivity contribution is 6.33. The third-order valence-corrected chi connectivity index (χ3v) is 3.57. The van der Waals surface area contributed by atoms with Crippen molar-refractivity contribution in [2.24, 2.45) is 0 Å². The third kappa shape index (κ3) is 2.25. The highest BCUT2D eigenvalue weighted by Gasteiger charge is 2.21. The molecule has 3 nitrogen and oxygen atoms in total. The molecule has 0 saturated carbocycles. The highest BCUT2D eigenvalue weighted by atomic mass is 35.5. The molecule has 2 rings (SSSR count). The average molecular weight is 240 g/mol. The van der Waals surface area contributed by atoms with Gasteiger partial charge in [0.05, 0.1) is 10.7 Å². The fraction of sp³-hybridized carbons (Fsp3) is 0.500.